The summed E-state index contributed by atoms with van der Waals surface area (Å²) in [7, 11) is 0. The van der Waals surface area contributed by atoms with E-state index in [1.807, 2.05) is 25.1 Å². The second-order valence-corrected chi connectivity index (χ2v) is 4.46. The second kappa shape index (κ2) is 4.26. The van der Waals surface area contributed by atoms with Gasteiger partial charge in [0.1, 0.15) is 0 Å². The predicted molar refractivity (Wildman–Crippen MR) is 62.3 cm³/mol. The number of aliphatic hydroxyl groups is 1. The topological polar surface area (TPSA) is 49.3 Å². The quantitative estimate of drug-likeness (QED) is 0.806. The molecule has 0 bridgehead atoms. The Morgan fingerprint density at radius 2 is 2.25 bits per heavy atom. The molecule has 1 aromatic rings. The van der Waals surface area contributed by atoms with Gasteiger partial charge < -0.3 is 10.4 Å². The molecule has 1 aromatic carbocycles. The fourth-order valence-electron chi connectivity index (χ4n) is 1.79. The molecule has 1 fully saturated rings. The van der Waals surface area contributed by atoms with Gasteiger partial charge in [0.25, 0.3) is 5.91 Å². The van der Waals surface area contributed by atoms with Crippen molar-refractivity contribution in [3.63, 3.8) is 0 Å². The van der Waals surface area contributed by atoms with Gasteiger partial charge in [-0.3, -0.25) is 4.79 Å². The summed E-state index contributed by atoms with van der Waals surface area (Å²) >= 11 is 0. The Hall–Kier alpha value is -1.35. The van der Waals surface area contributed by atoms with Crippen LogP contribution in [0.25, 0.3) is 0 Å². The highest BCUT2D eigenvalue weighted by molar-refractivity contribution is 5.94. The highest BCUT2D eigenvalue weighted by Crippen LogP contribution is 2.38. The summed E-state index contributed by atoms with van der Waals surface area (Å²) in [6.45, 7) is 2.53. The Labute approximate surface area is 95.5 Å². The Bertz CT molecular complexity index is 397. The maximum atomic E-state index is 11.6. The predicted octanol–water partition coefficient (Wildman–Crippen LogP) is 1.50. The molecule has 0 aliphatic heterocycles. The SMILES string of the molecule is CCNC(=O)c1cccc(CC2(O)CC2)c1. The lowest BCUT2D eigenvalue weighted by atomic mass is 10.0. The van der Waals surface area contributed by atoms with Crippen LogP contribution in [0, 0.1) is 0 Å². The molecular weight excluding hydrogens is 202 g/mol. The minimum atomic E-state index is -0.500. The van der Waals surface area contributed by atoms with Crippen molar-refractivity contribution >= 4 is 5.91 Å². The van der Waals surface area contributed by atoms with E-state index in [0.29, 0.717) is 18.5 Å². The zero-order valence-electron chi connectivity index (χ0n) is 9.49. The molecule has 2 rings (SSSR count). The minimum absolute atomic E-state index is 0.0489. The van der Waals surface area contributed by atoms with Gasteiger partial charge in [-0.2, -0.15) is 0 Å². The number of rotatable bonds is 4. The standard InChI is InChI=1S/C13H17NO2/c1-2-14-12(15)11-5-3-4-10(8-11)9-13(16)6-7-13/h3-5,8,16H,2,6-7,9H2,1H3,(H,14,15). The zero-order valence-corrected chi connectivity index (χ0v) is 9.49. The average Bonchev–Trinajstić information content (AvgIpc) is 2.97. The number of carbonyl (C=O) groups is 1. The number of hydrogen-bond acceptors (Lipinski definition) is 2. The van der Waals surface area contributed by atoms with Gasteiger partial charge in [-0.1, -0.05) is 12.1 Å². The third-order valence-corrected chi connectivity index (χ3v) is 2.89. The van der Waals surface area contributed by atoms with Crippen molar-refractivity contribution in [3.05, 3.63) is 35.4 Å². The van der Waals surface area contributed by atoms with E-state index in [4.69, 9.17) is 0 Å². The molecule has 16 heavy (non-hydrogen) atoms. The molecule has 0 aromatic heterocycles. The summed E-state index contributed by atoms with van der Waals surface area (Å²) in [5, 5.41) is 12.6. The molecule has 3 heteroatoms. The first-order valence-electron chi connectivity index (χ1n) is 5.72. The highest BCUT2D eigenvalue weighted by atomic mass is 16.3. The normalized spacial score (nSPS) is 16.9. The van der Waals surface area contributed by atoms with Crippen LogP contribution < -0.4 is 5.32 Å². The first-order valence-corrected chi connectivity index (χ1v) is 5.72. The lowest BCUT2D eigenvalue weighted by molar-refractivity contribution is 0.0955. The summed E-state index contributed by atoms with van der Waals surface area (Å²) in [6, 6.07) is 7.48. The van der Waals surface area contributed by atoms with E-state index < -0.39 is 5.60 Å². The van der Waals surface area contributed by atoms with Crippen LogP contribution in [0.1, 0.15) is 35.7 Å². The van der Waals surface area contributed by atoms with E-state index in [0.717, 1.165) is 18.4 Å². The fraction of sp³-hybridized carbons (Fsp3) is 0.462. The maximum absolute atomic E-state index is 11.6. The second-order valence-electron chi connectivity index (χ2n) is 4.46. The summed E-state index contributed by atoms with van der Waals surface area (Å²) < 4.78 is 0. The lowest BCUT2D eigenvalue weighted by Crippen LogP contribution is -2.22. The van der Waals surface area contributed by atoms with Crippen molar-refractivity contribution in [1.82, 2.24) is 5.32 Å². The summed E-state index contributed by atoms with van der Waals surface area (Å²) in [6.07, 6.45) is 2.40. The monoisotopic (exact) mass is 219 g/mol. The number of hydrogen-bond donors (Lipinski definition) is 2. The summed E-state index contributed by atoms with van der Waals surface area (Å²) in [5.74, 6) is -0.0489. The van der Waals surface area contributed by atoms with E-state index in [2.05, 4.69) is 5.32 Å². The van der Waals surface area contributed by atoms with Gasteiger partial charge in [0, 0.05) is 18.5 Å². The van der Waals surface area contributed by atoms with Crippen molar-refractivity contribution in [2.24, 2.45) is 0 Å². The number of nitrogens with one attached hydrogen (secondary N) is 1. The van der Waals surface area contributed by atoms with Gasteiger partial charge in [-0.25, -0.2) is 0 Å². The molecule has 1 aliphatic carbocycles. The van der Waals surface area contributed by atoms with Crippen molar-refractivity contribution in [3.8, 4) is 0 Å². The Morgan fingerprint density at radius 3 is 2.88 bits per heavy atom. The third kappa shape index (κ3) is 2.61. The lowest BCUT2D eigenvalue weighted by Gasteiger charge is -2.09. The third-order valence-electron chi connectivity index (χ3n) is 2.89. The zero-order chi connectivity index (χ0) is 11.6. The molecule has 0 saturated heterocycles. The largest absolute Gasteiger partial charge is 0.390 e. The van der Waals surface area contributed by atoms with Crippen LogP contribution in [0.4, 0.5) is 0 Å². The van der Waals surface area contributed by atoms with Crippen LogP contribution in [0.2, 0.25) is 0 Å². The van der Waals surface area contributed by atoms with Crippen molar-refractivity contribution in [1.29, 1.82) is 0 Å². The van der Waals surface area contributed by atoms with Crippen molar-refractivity contribution < 1.29 is 9.90 Å². The molecule has 86 valence electrons. The molecule has 0 radical (unpaired) electrons. The van der Waals surface area contributed by atoms with Crippen LogP contribution >= 0.6 is 0 Å². The molecular formula is C13H17NO2. The van der Waals surface area contributed by atoms with Gasteiger partial charge in [-0.05, 0) is 37.5 Å². The van der Waals surface area contributed by atoms with Crippen LogP contribution in [0.5, 0.6) is 0 Å². The first-order chi connectivity index (χ1) is 7.63. The first kappa shape index (κ1) is 11.1. The smallest absolute Gasteiger partial charge is 0.251 e. The van der Waals surface area contributed by atoms with Crippen LogP contribution in [0.15, 0.2) is 24.3 Å². The average molecular weight is 219 g/mol. The van der Waals surface area contributed by atoms with Gasteiger partial charge in [0.2, 0.25) is 0 Å². The molecule has 0 heterocycles. The van der Waals surface area contributed by atoms with Gasteiger partial charge >= 0.3 is 0 Å². The van der Waals surface area contributed by atoms with Crippen molar-refractivity contribution in [2.45, 2.75) is 31.8 Å². The highest BCUT2D eigenvalue weighted by Gasteiger charge is 2.40. The minimum Gasteiger partial charge on any atom is -0.390 e. The molecule has 1 amide bonds. The summed E-state index contributed by atoms with van der Waals surface area (Å²) in [5.41, 5.74) is 1.20. The Morgan fingerprint density at radius 1 is 1.50 bits per heavy atom. The fourth-order valence-corrected chi connectivity index (χ4v) is 1.79. The molecule has 3 nitrogen and oxygen atoms in total. The van der Waals surface area contributed by atoms with E-state index in [1.54, 1.807) is 6.07 Å². The molecule has 0 atom stereocenters. The van der Waals surface area contributed by atoms with Gasteiger partial charge in [0.05, 0.1) is 5.60 Å². The summed E-state index contributed by atoms with van der Waals surface area (Å²) in [4.78, 5) is 11.6. The van der Waals surface area contributed by atoms with E-state index in [9.17, 15) is 9.90 Å². The molecule has 1 aliphatic rings. The maximum Gasteiger partial charge on any atom is 0.251 e. The van der Waals surface area contributed by atoms with Crippen LogP contribution in [-0.4, -0.2) is 23.2 Å². The van der Waals surface area contributed by atoms with Gasteiger partial charge in [0.15, 0.2) is 0 Å². The Kier molecular flexibility index (Phi) is 2.97. The molecule has 1 saturated carbocycles. The van der Waals surface area contributed by atoms with Crippen molar-refractivity contribution in [2.75, 3.05) is 6.54 Å². The number of benzene rings is 1. The number of amides is 1. The van der Waals surface area contributed by atoms with E-state index in [1.165, 1.54) is 0 Å². The Balaban J connectivity index is 2.09. The van der Waals surface area contributed by atoms with E-state index >= 15 is 0 Å². The van der Waals surface area contributed by atoms with E-state index in [-0.39, 0.29) is 5.91 Å². The molecule has 0 spiro atoms. The molecule has 2 N–H and O–H groups in total. The molecule has 0 unspecified atom stereocenters. The van der Waals surface area contributed by atoms with Crippen LogP contribution in [-0.2, 0) is 6.42 Å². The number of carbonyl (C=O) groups excluding carboxylic acids is 1. The van der Waals surface area contributed by atoms with Gasteiger partial charge in [-0.15, -0.1) is 0 Å². The van der Waals surface area contributed by atoms with Crippen LogP contribution in [0.3, 0.4) is 0 Å².